The third kappa shape index (κ3) is 3.08. The molecule has 0 spiro atoms. The summed E-state index contributed by atoms with van der Waals surface area (Å²) in [6.07, 6.45) is 0. The number of hydrogen-bond donors (Lipinski definition) is 1. The summed E-state index contributed by atoms with van der Waals surface area (Å²) in [5.74, 6) is 0. The van der Waals surface area contributed by atoms with Crippen molar-refractivity contribution in [3.63, 3.8) is 0 Å². The van der Waals surface area contributed by atoms with Crippen LogP contribution in [0.25, 0.3) is 0 Å². The maximum absolute atomic E-state index is 6.47. The molecule has 0 heterocycles. The van der Waals surface area contributed by atoms with Crippen LogP contribution in [0.3, 0.4) is 0 Å². The molecule has 0 fully saturated rings. The monoisotopic (exact) mass is 332 g/mol. The molecule has 0 bridgehead atoms. The van der Waals surface area contributed by atoms with Gasteiger partial charge in [-0.15, -0.1) is 0 Å². The number of nitrogens with two attached hydrogens (primary N) is 1. The summed E-state index contributed by atoms with van der Waals surface area (Å²) < 4.78 is 0.975. The summed E-state index contributed by atoms with van der Waals surface area (Å²) >= 11 is 9.84. The Hall–Kier alpha value is -0.0900. The third-order valence-corrected chi connectivity index (χ3v) is 4.67. The van der Waals surface area contributed by atoms with Gasteiger partial charge in [0.1, 0.15) is 0 Å². The van der Waals surface area contributed by atoms with E-state index in [4.69, 9.17) is 17.3 Å². The van der Waals surface area contributed by atoms with E-state index in [-0.39, 0.29) is 11.6 Å². The molecule has 0 saturated heterocycles. The first-order valence-electron chi connectivity index (χ1n) is 6.30. The molecule has 102 valence electrons. The van der Waals surface area contributed by atoms with Crippen molar-refractivity contribution in [2.24, 2.45) is 5.73 Å². The highest BCUT2D eigenvalue weighted by molar-refractivity contribution is 9.10. The molecule has 1 rings (SSSR count). The highest BCUT2D eigenvalue weighted by atomic mass is 79.9. The molecule has 18 heavy (non-hydrogen) atoms. The van der Waals surface area contributed by atoms with E-state index in [0.29, 0.717) is 0 Å². The average Bonchev–Trinajstić information content (AvgIpc) is 2.29. The van der Waals surface area contributed by atoms with E-state index in [2.05, 4.69) is 48.5 Å². The maximum Gasteiger partial charge on any atom is 0.0502 e. The predicted octanol–water partition coefficient (Wildman–Crippen LogP) is 4.22. The van der Waals surface area contributed by atoms with Crippen LogP contribution in [0.5, 0.6) is 0 Å². The lowest BCUT2D eigenvalue weighted by atomic mass is 9.87. The molecule has 0 aromatic heterocycles. The Morgan fingerprint density at radius 3 is 2.33 bits per heavy atom. The van der Waals surface area contributed by atoms with Gasteiger partial charge in [0.05, 0.1) is 6.04 Å². The van der Waals surface area contributed by atoms with Crippen molar-refractivity contribution in [1.82, 2.24) is 4.90 Å². The lowest BCUT2D eigenvalue weighted by Gasteiger charge is -2.42. The first-order valence-corrected chi connectivity index (χ1v) is 7.47. The second kappa shape index (κ2) is 6.38. The molecule has 1 unspecified atom stereocenters. The first kappa shape index (κ1) is 16.0. The Bertz CT molecular complexity index is 383. The predicted molar refractivity (Wildman–Crippen MR) is 83.1 cm³/mol. The molecular formula is C14H22BrClN2. The topological polar surface area (TPSA) is 29.3 Å². The number of benzene rings is 1. The molecule has 1 atom stereocenters. The van der Waals surface area contributed by atoms with Gasteiger partial charge in [0.2, 0.25) is 0 Å². The molecule has 1 aromatic rings. The second-order valence-corrected chi connectivity index (χ2v) is 6.20. The van der Waals surface area contributed by atoms with E-state index in [0.717, 1.165) is 28.1 Å². The molecule has 4 heteroatoms. The number of halogens is 2. The Morgan fingerprint density at radius 2 is 1.89 bits per heavy atom. The summed E-state index contributed by atoms with van der Waals surface area (Å²) in [6, 6.07) is 5.66. The van der Waals surface area contributed by atoms with Crippen molar-refractivity contribution in [3.05, 3.63) is 33.3 Å². The van der Waals surface area contributed by atoms with Crippen molar-refractivity contribution in [2.45, 2.75) is 39.3 Å². The summed E-state index contributed by atoms with van der Waals surface area (Å²) in [6.45, 7) is 10.6. The van der Waals surface area contributed by atoms with Crippen molar-refractivity contribution < 1.29 is 0 Å². The van der Waals surface area contributed by atoms with E-state index in [1.807, 2.05) is 18.2 Å². The van der Waals surface area contributed by atoms with E-state index in [9.17, 15) is 0 Å². The van der Waals surface area contributed by atoms with Gasteiger partial charge in [-0.3, -0.25) is 4.90 Å². The zero-order valence-corrected chi connectivity index (χ0v) is 13.8. The second-order valence-electron chi connectivity index (χ2n) is 4.94. The summed E-state index contributed by atoms with van der Waals surface area (Å²) in [4.78, 5) is 2.35. The quantitative estimate of drug-likeness (QED) is 0.874. The van der Waals surface area contributed by atoms with Crippen LogP contribution in [0.4, 0.5) is 0 Å². The minimum absolute atomic E-state index is 0.138. The summed E-state index contributed by atoms with van der Waals surface area (Å²) in [5.41, 5.74) is 7.31. The normalized spacial score (nSPS) is 14.0. The van der Waals surface area contributed by atoms with Gasteiger partial charge in [-0.2, -0.15) is 0 Å². The van der Waals surface area contributed by atoms with Gasteiger partial charge in [0.25, 0.3) is 0 Å². The Labute approximate surface area is 124 Å². The van der Waals surface area contributed by atoms with Crippen LogP contribution in [-0.4, -0.2) is 23.5 Å². The van der Waals surface area contributed by atoms with E-state index in [1.54, 1.807) is 0 Å². The number of likely N-dealkylation sites (N-methyl/N-ethyl adjacent to an activating group) is 1. The first-order chi connectivity index (χ1) is 8.36. The summed E-state index contributed by atoms with van der Waals surface area (Å²) in [7, 11) is 0. The lowest BCUT2D eigenvalue weighted by molar-refractivity contribution is 0.106. The summed E-state index contributed by atoms with van der Waals surface area (Å²) in [5, 5.41) is 0.720. The van der Waals surface area contributed by atoms with Crippen molar-refractivity contribution in [1.29, 1.82) is 0 Å². The molecule has 0 aliphatic heterocycles. The Kier molecular flexibility index (Phi) is 5.66. The van der Waals surface area contributed by atoms with Gasteiger partial charge < -0.3 is 5.73 Å². The number of nitrogens with zero attached hydrogens (tertiary/aromatic N) is 1. The van der Waals surface area contributed by atoms with Crippen LogP contribution in [0.1, 0.15) is 39.3 Å². The minimum Gasteiger partial charge on any atom is -0.322 e. The van der Waals surface area contributed by atoms with Gasteiger partial charge in [0, 0.05) is 20.6 Å². The van der Waals surface area contributed by atoms with Crippen LogP contribution in [-0.2, 0) is 0 Å². The van der Waals surface area contributed by atoms with Crippen LogP contribution < -0.4 is 5.73 Å². The van der Waals surface area contributed by atoms with E-state index < -0.39 is 0 Å². The molecule has 0 amide bonds. The van der Waals surface area contributed by atoms with Crippen LogP contribution in [0.15, 0.2) is 22.7 Å². The fraction of sp³-hybridized carbons (Fsp3) is 0.571. The Balaban J connectivity index is 3.16. The third-order valence-electron chi connectivity index (χ3n) is 3.65. The fourth-order valence-electron chi connectivity index (χ4n) is 2.40. The van der Waals surface area contributed by atoms with E-state index in [1.165, 1.54) is 0 Å². The zero-order chi connectivity index (χ0) is 13.9. The largest absolute Gasteiger partial charge is 0.322 e. The van der Waals surface area contributed by atoms with Crippen LogP contribution in [0.2, 0.25) is 5.02 Å². The fourth-order valence-corrected chi connectivity index (χ4v) is 3.42. The van der Waals surface area contributed by atoms with Crippen molar-refractivity contribution in [2.75, 3.05) is 13.1 Å². The van der Waals surface area contributed by atoms with Gasteiger partial charge in [-0.1, -0.05) is 47.4 Å². The van der Waals surface area contributed by atoms with Crippen molar-refractivity contribution in [3.8, 4) is 0 Å². The molecule has 0 aliphatic carbocycles. The number of hydrogen-bond acceptors (Lipinski definition) is 2. The maximum atomic E-state index is 6.47. The molecule has 0 saturated carbocycles. The molecule has 0 aliphatic rings. The molecule has 1 aromatic carbocycles. The molecule has 2 N–H and O–H groups in total. The average molecular weight is 334 g/mol. The van der Waals surface area contributed by atoms with Gasteiger partial charge in [-0.25, -0.2) is 0 Å². The minimum atomic E-state index is -0.142. The lowest BCUT2D eigenvalue weighted by Crippen LogP contribution is -2.51. The molecule has 2 nitrogen and oxygen atoms in total. The van der Waals surface area contributed by atoms with Crippen LogP contribution in [0, 0.1) is 0 Å². The highest BCUT2D eigenvalue weighted by Crippen LogP contribution is 2.37. The van der Waals surface area contributed by atoms with E-state index >= 15 is 0 Å². The molecular weight excluding hydrogens is 312 g/mol. The highest BCUT2D eigenvalue weighted by Gasteiger charge is 2.34. The number of rotatable bonds is 5. The zero-order valence-electron chi connectivity index (χ0n) is 11.5. The SMILES string of the molecule is CCN(CC)C(C)(C)C(N)c1c(Cl)cccc1Br. The Morgan fingerprint density at radius 1 is 1.33 bits per heavy atom. The van der Waals surface area contributed by atoms with Gasteiger partial charge in [0.15, 0.2) is 0 Å². The van der Waals surface area contributed by atoms with Gasteiger partial charge >= 0.3 is 0 Å². The smallest absolute Gasteiger partial charge is 0.0502 e. The standard InChI is InChI=1S/C14H22BrClN2/c1-5-18(6-2)14(3,4)13(17)12-10(15)8-7-9-11(12)16/h7-9,13H,5-6,17H2,1-4H3. The molecule has 0 radical (unpaired) electrons. The van der Waals surface area contributed by atoms with Crippen LogP contribution >= 0.6 is 27.5 Å². The van der Waals surface area contributed by atoms with Crippen molar-refractivity contribution >= 4 is 27.5 Å². The van der Waals surface area contributed by atoms with Gasteiger partial charge in [-0.05, 0) is 39.1 Å².